The van der Waals surface area contributed by atoms with Crippen molar-refractivity contribution < 1.29 is 13.9 Å². The van der Waals surface area contributed by atoms with Crippen LogP contribution in [0.1, 0.15) is 0 Å². The van der Waals surface area contributed by atoms with Crippen LogP contribution >= 0.6 is 14.3 Å². The van der Waals surface area contributed by atoms with Gasteiger partial charge < -0.3 is 13.9 Å². The maximum absolute atomic E-state index is 14.1. The van der Waals surface area contributed by atoms with E-state index in [2.05, 4.69) is 0 Å². The average Bonchev–Trinajstić information content (AvgIpc) is 2.90. The van der Waals surface area contributed by atoms with Crippen LogP contribution in [0.3, 0.4) is 0 Å². The molecule has 0 N–H and O–H groups in total. The zero-order valence-corrected chi connectivity index (χ0v) is 20.3. The van der Waals surface area contributed by atoms with Crippen LogP contribution < -0.4 is 21.2 Å². The fraction of sp³-hybridized carbons (Fsp3) is 0.143. The summed E-state index contributed by atoms with van der Waals surface area (Å²) in [4.78, 5) is 0. The molecule has 4 rings (SSSR count). The molecule has 0 aliphatic heterocycles. The van der Waals surface area contributed by atoms with Crippen molar-refractivity contribution in [2.75, 3.05) is 25.5 Å². The Morgan fingerprint density at radius 1 is 0.424 bits per heavy atom. The van der Waals surface area contributed by atoms with Crippen LogP contribution in [0, 0.1) is 0 Å². The van der Waals surface area contributed by atoms with Gasteiger partial charge in [-0.05, 0) is 0 Å². The van der Waals surface area contributed by atoms with Gasteiger partial charge in [-0.25, -0.2) is 0 Å². The quantitative estimate of drug-likeness (QED) is 0.239. The van der Waals surface area contributed by atoms with Gasteiger partial charge in [-0.2, -0.15) is 0 Å². The summed E-state index contributed by atoms with van der Waals surface area (Å²) in [5.74, 6) is 0. The van der Waals surface area contributed by atoms with E-state index in [1.54, 1.807) is 0 Å². The number of rotatable bonds is 10. The highest BCUT2D eigenvalue weighted by molar-refractivity contribution is 7.79. The third-order valence-corrected chi connectivity index (χ3v) is 11.9. The first kappa shape index (κ1) is 23.5. The molecule has 0 aromatic heterocycles. The summed E-state index contributed by atoms with van der Waals surface area (Å²) in [6.45, 7) is 0.676. The van der Waals surface area contributed by atoms with Crippen molar-refractivity contribution in [3.05, 3.63) is 121 Å². The van der Waals surface area contributed by atoms with E-state index < -0.39 is 14.3 Å². The Morgan fingerprint density at radius 3 is 0.909 bits per heavy atom. The van der Waals surface area contributed by atoms with Gasteiger partial charge >= 0.3 is 0 Å². The zero-order valence-electron chi connectivity index (χ0n) is 18.5. The van der Waals surface area contributed by atoms with E-state index in [9.17, 15) is 9.13 Å². The molecule has 4 aromatic carbocycles. The van der Waals surface area contributed by atoms with Gasteiger partial charge in [0.05, 0.1) is 13.2 Å². The number of hydrogen-bond donors (Lipinski definition) is 0. The average molecular weight is 474 g/mol. The van der Waals surface area contributed by atoms with Crippen LogP contribution in [0.5, 0.6) is 0 Å². The zero-order chi connectivity index (χ0) is 23.0. The van der Waals surface area contributed by atoms with Crippen LogP contribution in [0.4, 0.5) is 0 Å². The molecule has 0 aliphatic carbocycles. The SMILES string of the molecule is O=P(CCOCCP(=O)(c1ccccc1)c1ccccc1)(c1ccccc1)c1ccccc1. The smallest absolute Gasteiger partial charge is 0.145 e. The van der Waals surface area contributed by atoms with E-state index in [1.165, 1.54) is 0 Å². The third-order valence-electron chi connectivity index (χ3n) is 5.79. The summed E-state index contributed by atoms with van der Waals surface area (Å²) in [6.07, 6.45) is 0.810. The van der Waals surface area contributed by atoms with E-state index in [0.29, 0.717) is 25.5 Å². The van der Waals surface area contributed by atoms with Crippen molar-refractivity contribution in [2.24, 2.45) is 0 Å². The molecule has 0 fully saturated rings. The normalized spacial score (nSPS) is 11.9. The molecular weight excluding hydrogens is 446 g/mol. The van der Waals surface area contributed by atoms with Gasteiger partial charge in [-0.1, -0.05) is 121 Å². The molecule has 0 atom stereocenters. The van der Waals surface area contributed by atoms with Gasteiger partial charge in [0.1, 0.15) is 14.3 Å². The molecule has 4 aromatic rings. The van der Waals surface area contributed by atoms with Crippen LogP contribution in [0.25, 0.3) is 0 Å². The Balaban J connectivity index is 1.47. The Kier molecular flexibility index (Phi) is 7.78. The highest BCUT2D eigenvalue weighted by Crippen LogP contribution is 2.44. The van der Waals surface area contributed by atoms with E-state index in [0.717, 1.165) is 21.2 Å². The first-order valence-electron chi connectivity index (χ1n) is 11.1. The van der Waals surface area contributed by atoms with Crippen molar-refractivity contribution in [2.45, 2.75) is 0 Å². The maximum Gasteiger partial charge on any atom is 0.145 e. The Morgan fingerprint density at radius 2 is 0.667 bits per heavy atom. The molecule has 5 heteroatoms. The van der Waals surface area contributed by atoms with Crippen LogP contribution in [-0.4, -0.2) is 25.5 Å². The molecule has 0 bridgehead atoms. The summed E-state index contributed by atoms with van der Waals surface area (Å²) in [6, 6.07) is 38.5. The Labute approximate surface area is 196 Å². The van der Waals surface area contributed by atoms with Crippen molar-refractivity contribution in [1.29, 1.82) is 0 Å². The molecule has 33 heavy (non-hydrogen) atoms. The van der Waals surface area contributed by atoms with E-state index in [4.69, 9.17) is 4.74 Å². The van der Waals surface area contributed by atoms with E-state index in [1.807, 2.05) is 121 Å². The van der Waals surface area contributed by atoms with Crippen molar-refractivity contribution in [1.82, 2.24) is 0 Å². The number of ether oxygens (including phenoxy) is 1. The van der Waals surface area contributed by atoms with E-state index in [-0.39, 0.29) is 0 Å². The summed E-state index contributed by atoms with van der Waals surface area (Å²) in [7, 11) is -5.63. The van der Waals surface area contributed by atoms with Gasteiger partial charge in [0.15, 0.2) is 0 Å². The molecule has 168 valence electrons. The highest BCUT2D eigenvalue weighted by atomic mass is 31.2. The van der Waals surface area contributed by atoms with Crippen LogP contribution in [0.15, 0.2) is 121 Å². The Bertz CT molecular complexity index is 1040. The van der Waals surface area contributed by atoms with Crippen molar-refractivity contribution >= 4 is 35.5 Å². The van der Waals surface area contributed by atoms with Gasteiger partial charge in [0.2, 0.25) is 0 Å². The summed E-state index contributed by atoms with van der Waals surface area (Å²) >= 11 is 0. The predicted octanol–water partition coefficient (Wildman–Crippen LogP) is 5.03. The molecule has 0 radical (unpaired) electrons. The van der Waals surface area contributed by atoms with Gasteiger partial charge in [0.25, 0.3) is 0 Å². The van der Waals surface area contributed by atoms with Crippen molar-refractivity contribution in [3.8, 4) is 0 Å². The summed E-state index contributed by atoms with van der Waals surface area (Å²) < 4.78 is 34.1. The molecule has 0 saturated carbocycles. The lowest BCUT2D eigenvalue weighted by molar-refractivity contribution is 0.165. The molecule has 0 saturated heterocycles. The standard InChI is InChI=1S/C28H28O3P2/c29-32(25-13-5-1-6-14-25,26-15-7-2-8-16-26)23-21-31-22-24-33(30,27-17-9-3-10-18-27)28-19-11-4-12-20-28/h1-20H,21-24H2. The topological polar surface area (TPSA) is 43.4 Å². The first-order valence-corrected chi connectivity index (χ1v) is 14.9. The molecule has 0 unspecified atom stereocenters. The first-order chi connectivity index (χ1) is 16.1. The number of hydrogen-bond acceptors (Lipinski definition) is 3. The second-order valence-electron chi connectivity index (χ2n) is 7.88. The predicted molar refractivity (Wildman–Crippen MR) is 140 cm³/mol. The maximum atomic E-state index is 14.1. The molecule has 0 amide bonds. The molecule has 3 nitrogen and oxygen atoms in total. The minimum Gasteiger partial charge on any atom is -0.380 e. The summed E-state index contributed by atoms with van der Waals surface area (Å²) in [5.41, 5.74) is 0. The fourth-order valence-electron chi connectivity index (χ4n) is 3.98. The van der Waals surface area contributed by atoms with Crippen molar-refractivity contribution in [3.63, 3.8) is 0 Å². The summed E-state index contributed by atoms with van der Waals surface area (Å²) in [5, 5.41) is 3.33. The molecule has 0 heterocycles. The van der Waals surface area contributed by atoms with Gasteiger partial charge in [0, 0.05) is 33.5 Å². The minimum absolute atomic E-state index is 0.338. The van der Waals surface area contributed by atoms with Gasteiger partial charge in [-0.15, -0.1) is 0 Å². The second kappa shape index (κ2) is 10.9. The fourth-order valence-corrected chi connectivity index (χ4v) is 8.99. The lowest BCUT2D eigenvalue weighted by Crippen LogP contribution is -2.23. The second-order valence-corrected chi connectivity index (χ2v) is 13.8. The monoisotopic (exact) mass is 474 g/mol. The Hall–Kier alpha value is -2.70. The molecule has 0 aliphatic rings. The largest absolute Gasteiger partial charge is 0.380 e. The lowest BCUT2D eigenvalue weighted by Gasteiger charge is -2.21. The van der Waals surface area contributed by atoms with Crippen LogP contribution in [0.2, 0.25) is 0 Å². The number of benzene rings is 4. The highest BCUT2D eigenvalue weighted by Gasteiger charge is 2.28. The van der Waals surface area contributed by atoms with Gasteiger partial charge in [-0.3, -0.25) is 0 Å². The molecular formula is C28H28O3P2. The molecule has 0 spiro atoms. The minimum atomic E-state index is -2.82. The van der Waals surface area contributed by atoms with Crippen LogP contribution in [-0.2, 0) is 13.9 Å². The third kappa shape index (κ3) is 5.45. The lowest BCUT2D eigenvalue weighted by atomic mass is 10.4. The van der Waals surface area contributed by atoms with E-state index >= 15 is 0 Å².